The third kappa shape index (κ3) is 7.19. The second kappa shape index (κ2) is 10.3. The molecule has 1 heterocycles. The van der Waals surface area contributed by atoms with E-state index in [4.69, 9.17) is 15.2 Å². The summed E-state index contributed by atoms with van der Waals surface area (Å²) in [4.78, 5) is 33.6. The van der Waals surface area contributed by atoms with Gasteiger partial charge in [0.15, 0.2) is 18.9 Å². The number of nitrogens with two attached hydrogens (primary N) is 1. The Hall–Kier alpha value is -2.48. The maximum Gasteiger partial charge on any atom is 0.306 e. The normalized spacial score (nSPS) is 11.6. The highest BCUT2D eigenvalue weighted by molar-refractivity contribution is 5.92. The van der Waals surface area contributed by atoms with Gasteiger partial charge in [-0.05, 0) is 6.07 Å². The van der Waals surface area contributed by atoms with Gasteiger partial charge in [-0.15, -0.1) is 0 Å². The molecule has 0 saturated carbocycles. The van der Waals surface area contributed by atoms with Crippen LogP contribution in [0.1, 0.15) is 29.6 Å². The van der Waals surface area contributed by atoms with Crippen LogP contribution in [0, 0.1) is 0 Å². The predicted molar refractivity (Wildman–Crippen MR) is 82.8 cm³/mol. The van der Waals surface area contributed by atoms with Crippen molar-refractivity contribution in [3.8, 4) is 0 Å². The Bertz CT molecular complexity index is 575. The van der Waals surface area contributed by atoms with Crippen LogP contribution in [0.2, 0.25) is 0 Å². The molecule has 1 aromatic rings. The molecule has 1 unspecified atom stereocenters. The van der Waals surface area contributed by atoms with Crippen LogP contribution in [0.5, 0.6) is 0 Å². The molecule has 0 spiro atoms. The van der Waals surface area contributed by atoms with Gasteiger partial charge >= 0.3 is 11.9 Å². The van der Waals surface area contributed by atoms with Crippen molar-refractivity contribution < 1.29 is 33.2 Å². The Kier molecular flexibility index (Phi) is 8.42. The predicted octanol–water partition coefficient (Wildman–Crippen LogP) is -0.0255. The molecule has 0 bridgehead atoms. The molecule has 0 aliphatic carbocycles. The molecule has 2 N–H and O–H groups in total. The number of primary amides is 1. The molecule has 1 rings (SSSR count). The van der Waals surface area contributed by atoms with Crippen molar-refractivity contribution in [2.24, 2.45) is 5.73 Å². The number of pyridine rings is 1. The van der Waals surface area contributed by atoms with Crippen LogP contribution in [0.25, 0.3) is 0 Å². The number of methoxy groups -OCH3 is 2. The summed E-state index contributed by atoms with van der Waals surface area (Å²) < 4.78 is 16.6. The van der Waals surface area contributed by atoms with Crippen molar-refractivity contribution in [3.63, 3.8) is 0 Å². The van der Waals surface area contributed by atoms with Crippen LogP contribution in [0.3, 0.4) is 0 Å². The highest BCUT2D eigenvalue weighted by atomic mass is 16.6. The van der Waals surface area contributed by atoms with Gasteiger partial charge in [0, 0.05) is 19.6 Å². The summed E-state index contributed by atoms with van der Waals surface area (Å²) in [5.41, 5.74) is 5.66. The molecular weight excluding hydrogens is 316 g/mol. The Morgan fingerprint density at radius 1 is 1.21 bits per heavy atom. The van der Waals surface area contributed by atoms with E-state index in [1.54, 1.807) is 18.3 Å². The first-order valence-corrected chi connectivity index (χ1v) is 7.50. The van der Waals surface area contributed by atoms with Crippen molar-refractivity contribution in [2.45, 2.75) is 31.9 Å². The molecule has 132 valence electrons. The first-order chi connectivity index (χ1) is 11.5. The number of hydrogen-bond acceptors (Lipinski definition) is 6. The zero-order valence-corrected chi connectivity index (χ0v) is 13.9. The zero-order valence-electron chi connectivity index (χ0n) is 13.9. The Labute approximate surface area is 140 Å². The van der Waals surface area contributed by atoms with E-state index >= 15 is 0 Å². The molecule has 0 aliphatic heterocycles. The van der Waals surface area contributed by atoms with Gasteiger partial charge in [-0.25, -0.2) is 4.57 Å². The number of aromatic nitrogens is 1. The van der Waals surface area contributed by atoms with E-state index in [9.17, 15) is 14.4 Å². The number of nitrogens with zero attached hydrogens (tertiary/aromatic N) is 1. The highest BCUT2D eigenvalue weighted by Gasteiger charge is 2.15. The van der Waals surface area contributed by atoms with Gasteiger partial charge in [0.2, 0.25) is 0 Å². The van der Waals surface area contributed by atoms with Gasteiger partial charge in [0.25, 0.3) is 5.91 Å². The summed E-state index contributed by atoms with van der Waals surface area (Å²) in [7, 11) is 2.79. The summed E-state index contributed by atoms with van der Waals surface area (Å²) >= 11 is 0. The third-order valence-electron chi connectivity index (χ3n) is 3.38. The number of amides is 1. The van der Waals surface area contributed by atoms with Gasteiger partial charge in [0.1, 0.15) is 12.2 Å². The minimum atomic E-state index is -0.493. The lowest BCUT2D eigenvalue weighted by atomic mass is 10.2. The van der Waals surface area contributed by atoms with Gasteiger partial charge in [-0.3, -0.25) is 14.4 Å². The Balaban J connectivity index is 2.39. The molecule has 1 atom stereocenters. The summed E-state index contributed by atoms with van der Waals surface area (Å²) in [6, 6.07) is 3.37. The maximum absolute atomic E-state index is 11.5. The van der Waals surface area contributed by atoms with Gasteiger partial charge in [-0.2, -0.15) is 0 Å². The number of ether oxygens (including phenoxy) is 3. The van der Waals surface area contributed by atoms with Crippen molar-refractivity contribution in [2.75, 3.05) is 20.8 Å². The van der Waals surface area contributed by atoms with Crippen molar-refractivity contribution in [1.82, 2.24) is 0 Å². The van der Waals surface area contributed by atoms with Crippen LogP contribution in [-0.4, -0.2) is 44.8 Å². The van der Waals surface area contributed by atoms with Crippen LogP contribution in [0.15, 0.2) is 24.5 Å². The molecule has 1 amide bonds. The lowest BCUT2D eigenvalue weighted by Crippen LogP contribution is -2.37. The first-order valence-electron chi connectivity index (χ1n) is 7.50. The zero-order chi connectivity index (χ0) is 17.9. The monoisotopic (exact) mass is 339 g/mol. The summed E-state index contributed by atoms with van der Waals surface area (Å²) in [6.45, 7) is 0.659. The summed E-state index contributed by atoms with van der Waals surface area (Å²) in [5.74, 6) is -1.43. The van der Waals surface area contributed by atoms with Gasteiger partial charge < -0.3 is 19.9 Å². The van der Waals surface area contributed by atoms with E-state index in [2.05, 4.69) is 4.74 Å². The molecule has 8 nitrogen and oxygen atoms in total. The van der Waals surface area contributed by atoms with Crippen LogP contribution >= 0.6 is 0 Å². The maximum atomic E-state index is 11.5. The van der Waals surface area contributed by atoms with Gasteiger partial charge in [-0.1, -0.05) is 0 Å². The van der Waals surface area contributed by atoms with Crippen molar-refractivity contribution in [1.29, 1.82) is 0 Å². The molecule has 0 radical (unpaired) electrons. The number of esters is 2. The van der Waals surface area contributed by atoms with E-state index in [-0.39, 0.29) is 25.6 Å². The topological polar surface area (TPSA) is 109 Å². The highest BCUT2D eigenvalue weighted by Crippen LogP contribution is 2.02. The molecule has 24 heavy (non-hydrogen) atoms. The standard InChI is InChI=1S/C16H22N2O6/c1-22-13(11-24-15(20)6-5-14(19)23-2)7-9-18-8-3-4-12(10-18)16(17)21/h3-4,8,10,13H,5-7,9,11H2,1-2H3,(H-,17,21)/p+1. The molecule has 0 aliphatic rings. The van der Waals surface area contributed by atoms with E-state index in [1.165, 1.54) is 14.2 Å². The largest absolute Gasteiger partial charge is 0.469 e. The summed E-state index contributed by atoms with van der Waals surface area (Å²) in [5, 5.41) is 0. The van der Waals surface area contributed by atoms with Gasteiger partial charge in [0.05, 0.1) is 26.1 Å². The Morgan fingerprint density at radius 3 is 2.54 bits per heavy atom. The molecular formula is C16H23N2O6+. The average molecular weight is 339 g/mol. The molecule has 0 aromatic carbocycles. The SMILES string of the molecule is COC(=O)CCC(=O)OCC(CC[n+]1cccc(C(N)=O)c1)OC. The van der Waals surface area contributed by atoms with Crippen LogP contribution in [0.4, 0.5) is 0 Å². The number of aryl methyl sites for hydroxylation is 1. The van der Waals surface area contributed by atoms with E-state index in [0.29, 0.717) is 18.5 Å². The minimum absolute atomic E-state index is 0.0112. The number of hydrogen-bond donors (Lipinski definition) is 1. The average Bonchev–Trinajstić information content (AvgIpc) is 2.59. The van der Waals surface area contributed by atoms with Crippen LogP contribution < -0.4 is 10.3 Å². The van der Waals surface area contributed by atoms with E-state index in [1.807, 2.05) is 10.8 Å². The van der Waals surface area contributed by atoms with E-state index in [0.717, 1.165) is 0 Å². The number of carbonyl (C=O) groups excluding carboxylic acids is 3. The smallest absolute Gasteiger partial charge is 0.306 e. The fourth-order valence-corrected chi connectivity index (χ4v) is 1.93. The molecule has 0 saturated heterocycles. The summed E-state index contributed by atoms with van der Waals surface area (Å²) in [6.07, 6.45) is 3.70. The van der Waals surface area contributed by atoms with Crippen molar-refractivity contribution >= 4 is 17.8 Å². The minimum Gasteiger partial charge on any atom is -0.469 e. The second-order valence-corrected chi connectivity index (χ2v) is 5.10. The Morgan fingerprint density at radius 2 is 1.92 bits per heavy atom. The number of rotatable bonds is 10. The third-order valence-corrected chi connectivity index (χ3v) is 3.38. The molecule has 0 fully saturated rings. The molecule has 8 heteroatoms. The lowest BCUT2D eigenvalue weighted by Gasteiger charge is -2.14. The van der Waals surface area contributed by atoms with Crippen LogP contribution in [-0.2, 0) is 30.3 Å². The second-order valence-electron chi connectivity index (χ2n) is 5.10. The fourth-order valence-electron chi connectivity index (χ4n) is 1.93. The molecule has 1 aromatic heterocycles. The first kappa shape index (κ1) is 19.6. The fraction of sp³-hybridized carbons (Fsp3) is 0.500. The quantitative estimate of drug-likeness (QED) is 0.474. The van der Waals surface area contributed by atoms with Crippen molar-refractivity contribution in [3.05, 3.63) is 30.1 Å². The van der Waals surface area contributed by atoms with E-state index < -0.39 is 17.8 Å². The number of carbonyl (C=O) groups is 3. The lowest BCUT2D eigenvalue weighted by molar-refractivity contribution is -0.698.